The van der Waals surface area contributed by atoms with Gasteiger partial charge >= 0.3 is 7.12 Å². The van der Waals surface area contributed by atoms with Crippen LogP contribution in [0.4, 0.5) is 0 Å². The lowest BCUT2D eigenvalue weighted by atomic mass is 9.79. The second-order valence-electron chi connectivity index (χ2n) is 4.47. The normalized spacial score (nSPS) is 10.5. The van der Waals surface area contributed by atoms with Gasteiger partial charge in [0.15, 0.2) is 0 Å². The van der Waals surface area contributed by atoms with E-state index in [-0.39, 0.29) is 0 Å². The predicted octanol–water partition coefficient (Wildman–Crippen LogP) is 3.37. The Balaban J connectivity index is 1.97. The van der Waals surface area contributed by atoms with Crippen LogP contribution in [0.5, 0.6) is 5.75 Å². The molecule has 3 aromatic rings. The van der Waals surface area contributed by atoms with Crippen LogP contribution in [0.25, 0.3) is 10.8 Å². The van der Waals surface area contributed by atoms with Crippen molar-refractivity contribution in [3.63, 3.8) is 0 Å². The Hall–Kier alpha value is -1.78. The molecule has 1 N–H and O–H groups in total. The third-order valence-corrected chi connectivity index (χ3v) is 3.85. The molecule has 0 saturated carbocycles. The molecule has 2 nitrogen and oxygen atoms in total. The number of fused-ring (bicyclic) bond motifs is 1. The average Bonchev–Trinajstić information content (AvgIpc) is 2.51. The Labute approximate surface area is 126 Å². The first-order valence-corrected chi connectivity index (χ1v) is 7.12. The number of hydrogen-bond donors (Lipinski definition) is 1. The highest BCUT2D eigenvalue weighted by molar-refractivity contribution is 9.10. The first kappa shape index (κ1) is 13.2. The molecule has 0 saturated heterocycles. The fraction of sp³-hybridized carbons (Fsp3) is 0. The third-order valence-electron chi connectivity index (χ3n) is 3.15. The van der Waals surface area contributed by atoms with E-state index in [2.05, 4.69) is 15.9 Å². The second kappa shape index (κ2) is 5.69. The van der Waals surface area contributed by atoms with E-state index >= 15 is 0 Å². The zero-order chi connectivity index (χ0) is 13.9. The number of hydrogen-bond acceptors (Lipinski definition) is 2. The van der Waals surface area contributed by atoms with Crippen molar-refractivity contribution in [2.24, 2.45) is 0 Å². The van der Waals surface area contributed by atoms with Gasteiger partial charge in [-0.2, -0.15) is 0 Å². The zero-order valence-corrected chi connectivity index (χ0v) is 12.2. The van der Waals surface area contributed by atoms with Gasteiger partial charge < -0.3 is 9.68 Å². The number of rotatable bonds is 3. The lowest BCUT2D eigenvalue weighted by Gasteiger charge is -2.13. The topological polar surface area (TPSA) is 29.5 Å². The van der Waals surface area contributed by atoms with Crippen LogP contribution in [0.15, 0.2) is 71.2 Å². The SMILES string of the molecule is OB(Oc1ccc(Br)c2ccccc12)c1ccccc1. The van der Waals surface area contributed by atoms with Crippen LogP contribution in [-0.4, -0.2) is 12.1 Å². The first-order chi connectivity index (χ1) is 9.75. The quantitative estimate of drug-likeness (QED) is 0.748. The van der Waals surface area contributed by atoms with Gasteiger partial charge in [-0.05, 0) is 23.0 Å². The van der Waals surface area contributed by atoms with E-state index in [0.717, 1.165) is 20.7 Å². The van der Waals surface area contributed by atoms with Gasteiger partial charge in [0.05, 0.1) is 0 Å². The molecule has 0 aliphatic heterocycles. The minimum Gasteiger partial charge on any atom is -0.532 e. The molecule has 98 valence electrons. The highest BCUT2D eigenvalue weighted by Crippen LogP contribution is 2.31. The summed E-state index contributed by atoms with van der Waals surface area (Å²) in [4.78, 5) is 0. The summed E-state index contributed by atoms with van der Waals surface area (Å²) < 4.78 is 6.71. The van der Waals surface area contributed by atoms with Gasteiger partial charge in [0.25, 0.3) is 0 Å². The van der Waals surface area contributed by atoms with Crippen LogP contribution < -0.4 is 10.1 Å². The van der Waals surface area contributed by atoms with E-state index in [4.69, 9.17) is 4.65 Å². The molecule has 0 unspecified atom stereocenters. The zero-order valence-electron chi connectivity index (χ0n) is 10.7. The van der Waals surface area contributed by atoms with Crippen LogP contribution in [0, 0.1) is 0 Å². The van der Waals surface area contributed by atoms with Crippen molar-refractivity contribution < 1.29 is 9.68 Å². The first-order valence-electron chi connectivity index (χ1n) is 6.32. The molecule has 4 heteroatoms. The summed E-state index contributed by atoms with van der Waals surface area (Å²) in [5.74, 6) is 0.667. The summed E-state index contributed by atoms with van der Waals surface area (Å²) >= 11 is 3.52. The van der Waals surface area contributed by atoms with E-state index in [9.17, 15) is 5.02 Å². The van der Waals surface area contributed by atoms with Crippen molar-refractivity contribution in [2.75, 3.05) is 0 Å². The van der Waals surface area contributed by atoms with E-state index in [1.165, 1.54) is 0 Å². The highest BCUT2D eigenvalue weighted by atomic mass is 79.9. The maximum atomic E-state index is 10.2. The lowest BCUT2D eigenvalue weighted by Crippen LogP contribution is -2.36. The van der Waals surface area contributed by atoms with E-state index < -0.39 is 7.12 Å². The summed E-state index contributed by atoms with van der Waals surface area (Å²) in [6, 6.07) is 21.1. The lowest BCUT2D eigenvalue weighted by molar-refractivity contribution is 0.435. The molecule has 20 heavy (non-hydrogen) atoms. The van der Waals surface area contributed by atoms with Crippen molar-refractivity contribution in [1.29, 1.82) is 0 Å². The largest absolute Gasteiger partial charge is 0.560 e. The van der Waals surface area contributed by atoms with Crippen LogP contribution in [-0.2, 0) is 0 Å². The second-order valence-corrected chi connectivity index (χ2v) is 5.33. The molecule has 3 aromatic carbocycles. The Kier molecular flexibility index (Phi) is 3.76. The van der Waals surface area contributed by atoms with Crippen LogP contribution in [0.3, 0.4) is 0 Å². The maximum absolute atomic E-state index is 10.2. The Bertz CT molecular complexity index is 731. The van der Waals surface area contributed by atoms with Crippen molar-refractivity contribution in [3.05, 3.63) is 71.2 Å². The van der Waals surface area contributed by atoms with Crippen molar-refractivity contribution in [2.45, 2.75) is 0 Å². The third kappa shape index (κ3) is 2.57. The van der Waals surface area contributed by atoms with E-state index in [0.29, 0.717) is 5.75 Å². The molecule has 0 heterocycles. The maximum Gasteiger partial charge on any atom is 0.560 e. The summed E-state index contributed by atoms with van der Waals surface area (Å²) in [6.45, 7) is 0. The van der Waals surface area contributed by atoms with Gasteiger partial charge in [0.1, 0.15) is 5.75 Å². The molecule has 0 bridgehead atoms. The minimum atomic E-state index is -0.971. The Morgan fingerprint density at radius 1 is 0.800 bits per heavy atom. The van der Waals surface area contributed by atoms with Gasteiger partial charge in [-0.3, -0.25) is 0 Å². The van der Waals surface area contributed by atoms with Crippen LogP contribution in [0.2, 0.25) is 0 Å². The summed E-state index contributed by atoms with van der Waals surface area (Å²) in [7, 11) is -0.971. The fourth-order valence-electron chi connectivity index (χ4n) is 2.14. The van der Waals surface area contributed by atoms with Crippen molar-refractivity contribution in [1.82, 2.24) is 0 Å². The molecule has 0 amide bonds. The molecular weight excluding hydrogens is 315 g/mol. The standard InChI is InChI=1S/C16H12BBrO2/c18-15-10-11-16(14-9-5-4-8-13(14)15)20-17(19)12-6-2-1-3-7-12/h1-11,19H. The fourth-order valence-corrected chi connectivity index (χ4v) is 2.62. The van der Waals surface area contributed by atoms with E-state index in [1.807, 2.05) is 66.7 Å². The van der Waals surface area contributed by atoms with Gasteiger partial charge in [-0.15, -0.1) is 0 Å². The molecular formula is C16H12BBrO2. The van der Waals surface area contributed by atoms with Gasteiger partial charge in [0.2, 0.25) is 0 Å². The molecule has 0 radical (unpaired) electrons. The molecule has 0 fully saturated rings. The smallest absolute Gasteiger partial charge is 0.532 e. The molecule has 0 aliphatic rings. The predicted molar refractivity (Wildman–Crippen MR) is 86.3 cm³/mol. The van der Waals surface area contributed by atoms with Crippen molar-refractivity contribution in [3.8, 4) is 5.75 Å². The van der Waals surface area contributed by atoms with E-state index in [1.54, 1.807) is 0 Å². The van der Waals surface area contributed by atoms with Crippen molar-refractivity contribution >= 4 is 39.3 Å². The molecule has 0 spiro atoms. The van der Waals surface area contributed by atoms with Crippen LogP contribution >= 0.6 is 15.9 Å². The minimum absolute atomic E-state index is 0.667. The van der Waals surface area contributed by atoms with Gasteiger partial charge in [-0.25, -0.2) is 0 Å². The van der Waals surface area contributed by atoms with Crippen LogP contribution in [0.1, 0.15) is 0 Å². The summed E-state index contributed by atoms with van der Waals surface area (Å²) in [5, 5.41) is 12.2. The molecule has 3 rings (SSSR count). The Morgan fingerprint density at radius 2 is 1.45 bits per heavy atom. The molecule has 0 atom stereocenters. The van der Waals surface area contributed by atoms with Gasteiger partial charge in [-0.1, -0.05) is 70.5 Å². The average molecular weight is 327 g/mol. The number of halogens is 1. The summed E-state index contributed by atoms with van der Waals surface area (Å²) in [5.41, 5.74) is 0.736. The molecule has 0 aromatic heterocycles. The number of benzene rings is 3. The van der Waals surface area contributed by atoms with Gasteiger partial charge in [0, 0.05) is 9.86 Å². The molecule has 0 aliphatic carbocycles. The monoisotopic (exact) mass is 326 g/mol. The summed E-state index contributed by atoms with van der Waals surface area (Å²) in [6.07, 6.45) is 0. The Morgan fingerprint density at radius 3 is 2.20 bits per heavy atom. The highest BCUT2D eigenvalue weighted by Gasteiger charge is 2.19.